The predicted molar refractivity (Wildman–Crippen MR) is 113 cm³/mol. The van der Waals surface area contributed by atoms with Gasteiger partial charge in [-0.25, -0.2) is 9.13 Å². The molecule has 172 valence electrons. The van der Waals surface area contributed by atoms with E-state index in [-0.39, 0.29) is 0 Å². The molecule has 0 atom stereocenters. The van der Waals surface area contributed by atoms with Crippen LogP contribution in [0.2, 0.25) is 0 Å². The molecule has 3 aromatic rings. The van der Waals surface area contributed by atoms with Crippen molar-refractivity contribution in [1.82, 2.24) is 0 Å². The highest BCUT2D eigenvalue weighted by atomic mass is 31.2. The van der Waals surface area contributed by atoms with Gasteiger partial charge in [-0.2, -0.15) is 0 Å². The van der Waals surface area contributed by atoms with Gasteiger partial charge in [0.1, 0.15) is 17.2 Å². The molecule has 3 aromatic carbocycles. The van der Waals surface area contributed by atoms with Gasteiger partial charge >= 0.3 is 15.6 Å². The lowest BCUT2D eigenvalue weighted by Crippen LogP contribution is -1.66. The average Bonchev–Trinajstić information content (AvgIpc) is 2.62. The van der Waals surface area contributed by atoms with Crippen molar-refractivity contribution in [3.05, 3.63) is 91.0 Å². The molecule has 0 heterocycles. The van der Waals surface area contributed by atoms with E-state index >= 15 is 0 Å². The molecule has 0 aliphatic carbocycles. The second kappa shape index (κ2) is 17.0. The van der Waals surface area contributed by atoms with Crippen LogP contribution in [-0.4, -0.2) is 44.7 Å². The van der Waals surface area contributed by atoms with E-state index in [0.29, 0.717) is 17.2 Å². The molecule has 0 saturated carbocycles. The number of para-hydroxylation sites is 3. The monoisotopic (exact) mass is 478 g/mol. The Morgan fingerprint density at radius 3 is 0.581 bits per heavy atom. The van der Waals surface area contributed by atoms with Crippen LogP contribution < -0.4 is 0 Å². The summed E-state index contributed by atoms with van der Waals surface area (Å²) in [6.45, 7) is 0. The summed E-state index contributed by atoms with van der Waals surface area (Å²) >= 11 is 0. The smallest absolute Gasteiger partial charge is 0.466 e. The Bertz CT molecular complexity index is 756. The van der Waals surface area contributed by atoms with Crippen LogP contribution in [0.1, 0.15) is 0 Å². The third kappa shape index (κ3) is 38.5. The first-order valence-corrected chi connectivity index (χ1v) is 11.1. The van der Waals surface area contributed by atoms with E-state index < -0.39 is 15.6 Å². The van der Waals surface area contributed by atoms with E-state index in [1.54, 1.807) is 72.8 Å². The summed E-state index contributed by atoms with van der Waals surface area (Å²) < 4.78 is 17.8. The molecule has 11 nitrogen and oxygen atoms in total. The van der Waals surface area contributed by atoms with Gasteiger partial charge in [0.25, 0.3) is 0 Å². The SMILES string of the molecule is O=P(O)(O)O.O=P(O)(O)O.Oc1ccccc1.Oc1ccccc1.Oc1ccccc1. The van der Waals surface area contributed by atoms with Crippen LogP contribution in [0.3, 0.4) is 0 Å². The second-order valence-electron chi connectivity index (χ2n) is 5.03. The fourth-order valence-corrected chi connectivity index (χ4v) is 1.28. The summed E-state index contributed by atoms with van der Waals surface area (Å²) in [4.78, 5) is 43.1. The first-order valence-electron chi connectivity index (χ1n) is 7.97. The number of rotatable bonds is 0. The van der Waals surface area contributed by atoms with Crippen molar-refractivity contribution in [3.8, 4) is 17.2 Å². The summed E-state index contributed by atoms with van der Waals surface area (Å²) in [5.41, 5.74) is 0. The molecule has 3 rings (SSSR count). The van der Waals surface area contributed by atoms with E-state index in [0.717, 1.165) is 0 Å². The molecule has 0 fully saturated rings. The molecule has 13 heteroatoms. The number of hydrogen-bond donors (Lipinski definition) is 9. The van der Waals surface area contributed by atoms with Crippen molar-refractivity contribution in [2.24, 2.45) is 0 Å². The standard InChI is InChI=1S/3C6H6O.2H3O4P/c3*7-6-4-2-1-3-5-6;2*1-5(2,3)4/h3*1-5,7H;2*(H3,1,2,3,4). The van der Waals surface area contributed by atoms with E-state index in [4.69, 9.17) is 53.8 Å². The van der Waals surface area contributed by atoms with Gasteiger partial charge in [0.2, 0.25) is 0 Å². The quantitative estimate of drug-likeness (QED) is 0.214. The Hall–Kier alpha value is -2.72. The number of phenols is 3. The molecule has 0 unspecified atom stereocenters. The Morgan fingerprint density at radius 2 is 0.516 bits per heavy atom. The minimum atomic E-state index is -4.64. The lowest BCUT2D eigenvalue weighted by Gasteiger charge is -1.82. The Kier molecular flexibility index (Phi) is 16.7. The molecule has 0 aliphatic heterocycles. The van der Waals surface area contributed by atoms with Crippen LogP contribution in [0.25, 0.3) is 0 Å². The first-order chi connectivity index (χ1) is 14.2. The lowest BCUT2D eigenvalue weighted by molar-refractivity contribution is 0.272. The van der Waals surface area contributed by atoms with E-state index in [9.17, 15) is 0 Å². The topological polar surface area (TPSA) is 216 Å². The minimum absolute atomic E-state index is 0.322. The Labute approximate surface area is 178 Å². The summed E-state index contributed by atoms with van der Waals surface area (Å²) in [6, 6.07) is 26.1. The number of phosphoric acid groups is 2. The van der Waals surface area contributed by atoms with Crippen molar-refractivity contribution < 1.29 is 53.8 Å². The van der Waals surface area contributed by atoms with Crippen LogP contribution in [0.4, 0.5) is 0 Å². The van der Waals surface area contributed by atoms with Gasteiger partial charge in [0.05, 0.1) is 0 Å². The lowest BCUT2D eigenvalue weighted by atomic mass is 10.3. The molecule has 0 saturated heterocycles. The van der Waals surface area contributed by atoms with Crippen LogP contribution in [0.15, 0.2) is 91.0 Å². The minimum Gasteiger partial charge on any atom is -0.508 e. The third-order valence-electron chi connectivity index (χ3n) is 2.27. The van der Waals surface area contributed by atoms with Crippen molar-refractivity contribution in [3.63, 3.8) is 0 Å². The van der Waals surface area contributed by atoms with Crippen LogP contribution in [0, 0.1) is 0 Å². The fraction of sp³-hybridized carbons (Fsp3) is 0. The number of benzene rings is 3. The highest BCUT2D eigenvalue weighted by molar-refractivity contribution is 7.45. The number of aromatic hydroxyl groups is 3. The molecule has 31 heavy (non-hydrogen) atoms. The summed E-state index contributed by atoms with van der Waals surface area (Å²) in [5, 5.41) is 25.9. The van der Waals surface area contributed by atoms with E-state index in [1.807, 2.05) is 18.2 Å². The van der Waals surface area contributed by atoms with Crippen LogP contribution >= 0.6 is 15.6 Å². The van der Waals surface area contributed by atoms with Gasteiger partial charge in [0.15, 0.2) is 0 Å². The zero-order chi connectivity index (χ0) is 24.3. The zero-order valence-corrected chi connectivity index (χ0v) is 17.7. The normalized spacial score (nSPS) is 9.61. The Morgan fingerprint density at radius 1 is 0.387 bits per heavy atom. The molecular weight excluding hydrogens is 454 g/mol. The molecule has 0 amide bonds. The Balaban J connectivity index is 0. The molecule has 0 aliphatic rings. The van der Waals surface area contributed by atoms with Crippen molar-refractivity contribution in [2.45, 2.75) is 0 Å². The molecule has 9 N–H and O–H groups in total. The van der Waals surface area contributed by atoms with E-state index in [2.05, 4.69) is 0 Å². The molecular formula is C18H24O11P2. The van der Waals surface area contributed by atoms with Gasteiger partial charge in [-0.1, -0.05) is 54.6 Å². The number of phenolic OH excluding ortho intramolecular Hbond substituents is 3. The maximum absolute atomic E-state index is 8.88. The van der Waals surface area contributed by atoms with E-state index in [1.165, 1.54) is 0 Å². The summed E-state index contributed by atoms with van der Waals surface area (Å²) in [6.07, 6.45) is 0. The largest absolute Gasteiger partial charge is 0.508 e. The van der Waals surface area contributed by atoms with Gasteiger partial charge in [-0.05, 0) is 36.4 Å². The molecule has 0 spiro atoms. The zero-order valence-electron chi connectivity index (χ0n) is 15.9. The van der Waals surface area contributed by atoms with Crippen molar-refractivity contribution >= 4 is 15.6 Å². The number of hydrogen-bond acceptors (Lipinski definition) is 5. The van der Waals surface area contributed by atoms with Crippen molar-refractivity contribution in [1.29, 1.82) is 0 Å². The first kappa shape index (κ1) is 30.5. The second-order valence-corrected chi connectivity index (χ2v) is 7.09. The van der Waals surface area contributed by atoms with Gasteiger partial charge in [0, 0.05) is 0 Å². The van der Waals surface area contributed by atoms with Crippen LogP contribution in [-0.2, 0) is 9.13 Å². The van der Waals surface area contributed by atoms with Gasteiger partial charge in [-0.3, -0.25) is 0 Å². The van der Waals surface area contributed by atoms with Gasteiger partial charge in [-0.15, -0.1) is 0 Å². The van der Waals surface area contributed by atoms with Crippen LogP contribution in [0.5, 0.6) is 17.2 Å². The third-order valence-corrected chi connectivity index (χ3v) is 2.27. The maximum atomic E-state index is 8.88. The fourth-order valence-electron chi connectivity index (χ4n) is 1.28. The predicted octanol–water partition coefficient (Wildman–Crippen LogP) is 2.32. The summed E-state index contributed by atoms with van der Waals surface area (Å²) in [7, 11) is -9.28. The maximum Gasteiger partial charge on any atom is 0.466 e. The highest BCUT2D eigenvalue weighted by Gasteiger charge is 2.00. The molecule has 0 radical (unpaired) electrons. The molecule has 0 bridgehead atoms. The summed E-state index contributed by atoms with van der Waals surface area (Å²) in [5.74, 6) is 0.965. The van der Waals surface area contributed by atoms with Gasteiger partial charge < -0.3 is 44.7 Å². The van der Waals surface area contributed by atoms with Crippen molar-refractivity contribution in [2.75, 3.05) is 0 Å². The average molecular weight is 478 g/mol. The highest BCUT2D eigenvalue weighted by Crippen LogP contribution is 2.26. The molecule has 0 aromatic heterocycles.